The number of imidazole rings is 1. The first kappa shape index (κ1) is 16.0. The monoisotopic (exact) mass is 367 g/mol. The topological polar surface area (TPSA) is 104 Å². The lowest BCUT2D eigenvalue weighted by Gasteiger charge is -2.07. The zero-order valence-electron chi connectivity index (χ0n) is 12.0. The highest BCUT2D eigenvalue weighted by molar-refractivity contribution is 9.10. The molecule has 22 heavy (non-hydrogen) atoms. The molecule has 0 saturated heterocycles. The van der Waals surface area contributed by atoms with Crippen LogP contribution in [0.2, 0.25) is 0 Å². The van der Waals surface area contributed by atoms with Crippen LogP contribution < -0.4 is 11.0 Å². The van der Waals surface area contributed by atoms with Gasteiger partial charge >= 0.3 is 11.7 Å². The fourth-order valence-electron chi connectivity index (χ4n) is 1.75. The molecule has 3 N–H and O–H groups in total. The molecule has 0 spiro atoms. The van der Waals surface area contributed by atoms with Gasteiger partial charge in [0.2, 0.25) is 0 Å². The van der Waals surface area contributed by atoms with Crippen molar-refractivity contribution in [3.63, 3.8) is 0 Å². The molecule has 1 heterocycles. The minimum Gasteiger partial charge on any atom is -0.452 e. The molecule has 0 radical (unpaired) electrons. The van der Waals surface area contributed by atoms with Crippen LogP contribution in [-0.4, -0.2) is 28.5 Å². The Morgan fingerprint density at radius 1 is 1.27 bits per heavy atom. The quantitative estimate of drug-likeness (QED) is 0.568. The lowest BCUT2D eigenvalue weighted by Crippen LogP contribution is -2.20. The predicted octanol–water partition coefficient (Wildman–Crippen LogP) is 2.07. The fraction of sp³-hybridized carbons (Fsp3) is 0.214. The van der Waals surface area contributed by atoms with Crippen LogP contribution in [0.15, 0.2) is 33.0 Å². The van der Waals surface area contributed by atoms with Gasteiger partial charge in [0.25, 0.3) is 5.91 Å². The van der Waals surface area contributed by atoms with Crippen LogP contribution in [-0.2, 0) is 14.3 Å². The van der Waals surface area contributed by atoms with Crippen molar-refractivity contribution in [1.82, 2.24) is 9.97 Å². The van der Waals surface area contributed by atoms with Crippen LogP contribution in [0.5, 0.6) is 0 Å². The van der Waals surface area contributed by atoms with Crippen LogP contribution >= 0.6 is 15.9 Å². The standard InChI is InChI=1S/C14H14BrN3O4/c1-7(2)3-13(20)22-6-12(19)16-9-5-11-10(4-8(9)15)17-14(21)18-11/h3-5H,6H2,1-2H3,(H,16,19)(H2,17,18,21). The van der Waals surface area contributed by atoms with Gasteiger partial charge in [0.1, 0.15) is 0 Å². The van der Waals surface area contributed by atoms with Gasteiger partial charge in [-0.15, -0.1) is 0 Å². The minimum atomic E-state index is -0.570. The second-order valence-corrected chi connectivity index (χ2v) is 5.69. The summed E-state index contributed by atoms with van der Waals surface area (Å²) in [4.78, 5) is 39.5. The van der Waals surface area contributed by atoms with Gasteiger partial charge < -0.3 is 20.0 Å². The molecule has 0 aliphatic rings. The molecular formula is C14H14BrN3O4. The zero-order chi connectivity index (χ0) is 16.3. The first-order chi connectivity index (χ1) is 10.3. The number of allylic oxidation sites excluding steroid dienone is 1. The summed E-state index contributed by atoms with van der Waals surface area (Å²) in [6, 6.07) is 3.27. The summed E-state index contributed by atoms with van der Waals surface area (Å²) in [5.74, 6) is -1.05. The smallest absolute Gasteiger partial charge is 0.331 e. The first-order valence-electron chi connectivity index (χ1n) is 6.38. The first-order valence-corrected chi connectivity index (χ1v) is 7.17. The molecule has 0 saturated carbocycles. The number of ether oxygens (including phenoxy) is 1. The molecule has 1 aromatic heterocycles. The lowest BCUT2D eigenvalue weighted by molar-refractivity contribution is -0.142. The molecule has 1 amide bonds. The van der Waals surface area contributed by atoms with Crippen molar-refractivity contribution in [2.75, 3.05) is 11.9 Å². The number of H-pyrrole nitrogens is 2. The predicted molar refractivity (Wildman–Crippen MR) is 85.6 cm³/mol. The second-order valence-electron chi connectivity index (χ2n) is 4.83. The van der Waals surface area contributed by atoms with Crippen LogP contribution in [0.25, 0.3) is 11.0 Å². The highest BCUT2D eigenvalue weighted by Crippen LogP contribution is 2.26. The Hall–Kier alpha value is -2.35. The number of nitrogens with one attached hydrogen (secondary N) is 3. The van der Waals surface area contributed by atoms with Crippen molar-refractivity contribution >= 4 is 44.5 Å². The van der Waals surface area contributed by atoms with Crippen molar-refractivity contribution in [3.8, 4) is 0 Å². The Balaban J connectivity index is 2.05. The number of esters is 1. The van der Waals surface area contributed by atoms with E-state index in [1.165, 1.54) is 6.08 Å². The Morgan fingerprint density at radius 3 is 2.55 bits per heavy atom. The number of aromatic amines is 2. The van der Waals surface area contributed by atoms with Gasteiger partial charge in [0, 0.05) is 10.5 Å². The largest absolute Gasteiger partial charge is 0.452 e. The maximum absolute atomic E-state index is 11.8. The number of carbonyl (C=O) groups is 2. The average molecular weight is 368 g/mol. The number of halogens is 1. The summed E-state index contributed by atoms with van der Waals surface area (Å²) >= 11 is 3.30. The van der Waals surface area contributed by atoms with E-state index in [9.17, 15) is 14.4 Å². The number of benzene rings is 1. The van der Waals surface area contributed by atoms with Crippen molar-refractivity contribution in [1.29, 1.82) is 0 Å². The Kier molecular flexibility index (Phi) is 4.81. The average Bonchev–Trinajstić information content (AvgIpc) is 2.75. The van der Waals surface area contributed by atoms with Crippen LogP contribution in [0, 0.1) is 0 Å². The molecule has 0 atom stereocenters. The van der Waals surface area contributed by atoms with Gasteiger partial charge in [0.05, 0.1) is 16.7 Å². The van der Waals surface area contributed by atoms with E-state index in [4.69, 9.17) is 4.74 Å². The van der Waals surface area contributed by atoms with E-state index in [1.54, 1.807) is 26.0 Å². The number of hydrogen-bond donors (Lipinski definition) is 3. The van der Waals surface area contributed by atoms with Gasteiger partial charge in [0.15, 0.2) is 6.61 Å². The number of carbonyl (C=O) groups excluding carboxylic acids is 2. The van der Waals surface area contributed by atoms with Crippen molar-refractivity contribution in [3.05, 3.63) is 38.7 Å². The molecule has 2 aromatic rings. The summed E-state index contributed by atoms with van der Waals surface area (Å²) in [6.45, 7) is 3.12. The van der Waals surface area contributed by atoms with Gasteiger partial charge in [-0.05, 0) is 41.9 Å². The van der Waals surface area contributed by atoms with E-state index in [2.05, 4.69) is 31.2 Å². The SMILES string of the molecule is CC(C)=CC(=O)OCC(=O)Nc1cc2[nH]c(=O)[nH]c2cc1Br. The Bertz CT molecular complexity index is 815. The normalized spacial score (nSPS) is 10.3. The Morgan fingerprint density at radius 2 is 1.91 bits per heavy atom. The van der Waals surface area contributed by atoms with E-state index in [0.717, 1.165) is 5.57 Å². The van der Waals surface area contributed by atoms with Crippen molar-refractivity contribution < 1.29 is 14.3 Å². The molecule has 0 bridgehead atoms. The molecule has 8 heteroatoms. The van der Waals surface area contributed by atoms with Crippen LogP contribution in [0.4, 0.5) is 5.69 Å². The number of fused-ring (bicyclic) bond motifs is 1. The van der Waals surface area contributed by atoms with Crippen molar-refractivity contribution in [2.45, 2.75) is 13.8 Å². The maximum Gasteiger partial charge on any atom is 0.331 e. The molecule has 7 nitrogen and oxygen atoms in total. The lowest BCUT2D eigenvalue weighted by atomic mass is 10.2. The maximum atomic E-state index is 11.8. The third kappa shape index (κ3) is 4.08. The van der Waals surface area contributed by atoms with Gasteiger partial charge in [-0.1, -0.05) is 5.57 Å². The third-order valence-corrected chi connectivity index (χ3v) is 3.29. The highest BCUT2D eigenvalue weighted by atomic mass is 79.9. The van der Waals surface area contributed by atoms with E-state index < -0.39 is 18.5 Å². The molecule has 1 aromatic carbocycles. The van der Waals surface area contributed by atoms with Gasteiger partial charge in [-0.25, -0.2) is 9.59 Å². The zero-order valence-corrected chi connectivity index (χ0v) is 13.5. The number of amides is 1. The van der Waals surface area contributed by atoms with Crippen molar-refractivity contribution in [2.24, 2.45) is 0 Å². The molecule has 2 rings (SSSR count). The molecule has 0 unspecified atom stereocenters. The molecule has 0 fully saturated rings. The van der Waals surface area contributed by atoms with E-state index in [0.29, 0.717) is 21.2 Å². The number of rotatable bonds is 4. The molecule has 0 aliphatic heterocycles. The summed E-state index contributed by atoms with van der Waals surface area (Å²) in [5, 5.41) is 2.60. The summed E-state index contributed by atoms with van der Waals surface area (Å²) < 4.78 is 5.41. The highest BCUT2D eigenvalue weighted by Gasteiger charge is 2.10. The fourth-order valence-corrected chi connectivity index (χ4v) is 2.19. The summed E-state index contributed by atoms with van der Waals surface area (Å²) in [5.41, 5.74) is 2.09. The number of hydrogen-bond acceptors (Lipinski definition) is 4. The Labute approximate surface area is 133 Å². The minimum absolute atomic E-state index is 0.332. The third-order valence-electron chi connectivity index (χ3n) is 2.63. The van der Waals surface area contributed by atoms with E-state index >= 15 is 0 Å². The summed E-state index contributed by atoms with van der Waals surface area (Å²) in [7, 11) is 0. The van der Waals surface area contributed by atoms with Crippen LogP contribution in [0.1, 0.15) is 13.8 Å². The van der Waals surface area contributed by atoms with Crippen LogP contribution in [0.3, 0.4) is 0 Å². The number of anilines is 1. The van der Waals surface area contributed by atoms with Gasteiger partial charge in [-0.2, -0.15) is 0 Å². The molecule has 0 aliphatic carbocycles. The second kappa shape index (κ2) is 6.61. The summed E-state index contributed by atoms with van der Waals surface area (Å²) in [6.07, 6.45) is 1.31. The number of aromatic nitrogens is 2. The molecule has 116 valence electrons. The van der Waals surface area contributed by atoms with Gasteiger partial charge in [-0.3, -0.25) is 4.79 Å². The van der Waals surface area contributed by atoms with E-state index in [1.807, 2.05) is 0 Å². The molecular weight excluding hydrogens is 354 g/mol. The van der Waals surface area contributed by atoms with E-state index in [-0.39, 0.29) is 5.69 Å².